The third kappa shape index (κ3) is 3.90. The van der Waals surface area contributed by atoms with Gasteiger partial charge in [0, 0.05) is 22.0 Å². The quantitative estimate of drug-likeness (QED) is 0.627. The van der Waals surface area contributed by atoms with E-state index in [0.717, 1.165) is 9.13 Å². The van der Waals surface area contributed by atoms with Crippen molar-refractivity contribution >= 4 is 28.3 Å². The molecule has 0 radical (unpaired) electrons. The van der Waals surface area contributed by atoms with E-state index in [2.05, 4.69) is 4.98 Å². The van der Waals surface area contributed by atoms with Crippen LogP contribution in [0.1, 0.15) is 21.7 Å². The molecule has 0 fully saturated rings. The Bertz CT molecular complexity index is 1100. The van der Waals surface area contributed by atoms with Gasteiger partial charge in [-0.05, 0) is 38.1 Å². The number of aryl methyl sites for hydroxylation is 1. The second-order valence-electron chi connectivity index (χ2n) is 6.25. The zero-order chi connectivity index (χ0) is 19.9. The van der Waals surface area contributed by atoms with Crippen LogP contribution >= 0.6 is 11.6 Å². The molecular weight excluding hydrogens is 383 g/mol. The topological polar surface area (TPSA) is 56.9 Å². The van der Waals surface area contributed by atoms with E-state index in [1.807, 2.05) is 0 Å². The molecule has 0 bridgehead atoms. The summed E-state index contributed by atoms with van der Waals surface area (Å²) in [6, 6.07) is 6.06. The molecule has 0 saturated heterocycles. The minimum absolute atomic E-state index is 0.148. The Hall–Kier alpha value is -2.61. The van der Waals surface area contributed by atoms with E-state index in [0.29, 0.717) is 16.2 Å². The Morgan fingerprint density at radius 1 is 1.22 bits per heavy atom. The number of alkyl halides is 3. The molecule has 2 heterocycles. The smallest absolute Gasteiger partial charge is 0.339 e. The van der Waals surface area contributed by atoms with Crippen molar-refractivity contribution in [1.29, 1.82) is 0 Å². The van der Waals surface area contributed by atoms with Crippen molar-refractivity contribution in [3.63, 3.8) is 0 Å². The van der Waals surface area contributed by atoms with E-state index in [9.17, 15) is 22.8 Å². The maximum atomic E-state index is 12.7. The fourth-order valence-electron chi connectivity index (χ4n) is 2.99. The van der Waals surface area contributed by atoms with Crippen LogP contribution in [0.25, 0.3) is 10.9 Å². The zero-order valence-corrected chi connectivity index (χ0v) is 15.2. The summed E-state index contributed by atoms with van der Waals surface area (Å²) in [5.74, 6) is -0.471. The van der Waals surface area contributed by atoms with E-state index in [1.165, 1.54) is 32.3 Å². The molecule has 0 spiro atoms. The van der Waals surface area contributed by atoms with Crippen molar-refractivity contribution < 1.29 is 18.0 Å². The highest BCUT2D eigenvalue weighted by Gasteiger charge is 2.30. The van der Waals surface area contributed by atoms with Gasteiger partial charge in [-0.25, -0.2) is 4.98 Å². The number of aromatic nitrogens is 3. The predicted octanol–water partition coefficient (Wildman–Crippen LogP) is 3.91. The third-order valence-corrected chi connectivity index (χ3v) is 4.55. The Balaban J connectivity index is 1.95. The van der Waals surface area contributed by atoms with Gasteiger partial charge in [0.15, 0.2) is 5.78 Å². The molecule has 0 unspecified atom stereocenters. The molecule has 5 nitrogen and oxygen atoms in total. The second-order valence-corrected chi connectivity index (χ2v) is 6.68. The highest BCUT2D eigenvalue weighted by atomic mass is 35.5. The highest BCUT2D eigenvalue weighted by molar-refractivity contribution is 6.31. The summed E-state index contributed by atoms with van der Waals surface area (Å²) in [6.45, 7) is 1.45. The summed E-state index contributed by atoms with van der Waals surface area (Å²) in [6.07, 6.45) is -3.15. The highest BCUT2D eigenvalue weighted by Crippen LogP contribution is 2.23. The predicted molar refractivity (Wildman–Crippen MR) is 95.3 cm³/mol. The summed E-state index contributed by atoms with van der Waals surface area (Å²) >= 11 is 5.90. The normalized spacial score (nSPS) is 11.9. The maximum absolute atomic E-state index is 12.7. The number of halogens is 4. The maximum Gasteiger partial charge on any atom is 0.406 e. The van der Waals surface area contributed by atoms with Crippen LogP contribution in [-0.2, 0) is 13.1 Å². The molecule has 3 rings (SSSR count). The van der Waals surface area contributed by atoms with Crippen molar-refractivity contribution in [3.8, 4) is 0 Å². The van der Waals surface area contributed by atoms with E-state index < -0.39 is 24.1 Å². The second kappa shape index (κ2) is 6.84. The van der Waals surface area contributed by atoms with E-state index in [4.69, 9.17) is 11.6 Å². The molecule has 0 saturated carbocycles. The van der Waals surface area contributed by atoms with Crippen LogP contribution < -0.4 is 5.56 Å². The van der Waals surface area contributed by atoms with Gasteiger partial charge in [-0.2, -0.15) is 13.2 Å². The van der Waals surface area contributed by atoms with Crippen LogP contribution in [0, 0.1) is 13.8 Å². The minimum atomic E-state index is -4.40. The molecule has 0 aliphatic carbocycles. The lowest BCUT2D eigenvalue weighted by Crippen LogP contribution is -2.25. The minimum Gasteiger partial charge on any atom is -0.339 e. The monoisotopic (exact) mass is 397 g/mol. The van der Waals surface area contributed by atoms with Crippen LogP contribution in [0.15, 0.2) is 35.4 Å². The molecule has 0 amide bonds. The molecule has 9 heteroatoms. The van der Waals surface area contributed by atoms with Crippen molar-refractivity contribution in [2.75, 3.05) is 0 Å². The SMILES string of the molecule is Cc1cc(C(=O)Cn2cnc3ccc(Cl)cc3c2=O)c(C)n1CC(F)(F)F. The zero-order valence-electron chi connectivity index (χ0n) is 14.5. The number of carbonyl (C=O) groups excluding carboxylic acids is 1. The number of fused-ring (bicyclic) bond motifs is 1. The molecule has 0 aliphatic rings. The molecule has 1 aromatic carbocycles. The van der Waals surface area contributed by atoms with Crippen LogP contribution in [0.2, 0.25) is 5.02 Å². The first kappa shape index (κ1) is 19.2. The summed E-state index contributed by atoms with van der Waals surface area (Å²) in [5, 5.41) is 0.626. The fraction of sp³-hybridized carbons (Fsp3) is 0.278. The van der Waals surface area contributed by atoms with Gasteiger partial charge < -0.3 is 4.57 Å². The van der Waals surface area contributed by atoms with Crippen molar-refractivity contribution in [1.82, 2.24) is 14.1 Å². The van der Waals surface area contributed by atoms with E-state index in [-0.39, 0.29) is 23.2 Å². The van der Waals surface area contributed by atoms with E-state index in [1.54, 1.807) is 12.1 Å². The summed E-state index contributed by atoms with van der Waals surface area (Å²) in [5.41, 5.74) is 0.676. The Labute approximate surface area is 157 Å². The lowest BCUT2D eigenvalue weighted by atomic mass is 10.1. The molecule has 0 atom stereocenters. The summed E-state index contributed by atoms with van der Waals surface area (Å²) in [7, 11) is 0. The lowest BCUT2D eigenvalue weighted by Gasteiger charge is -2.12. The average Bonchev–Trinajstić information content (AvgIpc) is 2.84. The average molecular weight is 398 g/mol. The van der Waals surface area contributed by atoms with Gasteiger partial charge in [0.25, 0.3) is 5.56 Å². The molecule has 142 valence electrons. The standard InChI is InChI=1S/C18H15ClF3N3O2/c1-10-5-13(11(2)25(10)8-18(20,21)22)16(26)7-24-9-23-15-4-3-12(19)6-14(15)17(24)27/h3-6,9H,7-8H2,1-2H3. The summed E-state index contributed by atoms with van der Waals surface area (Å²) in [4.78, 5) is 29.3. The first-order chi connectivity index (χ1) is 12.6. The Morgan fingerprint density at radius 3 is 2.59 bits per heavy atom. The lowest BCUT2D eigenvalue weighted by molar-refractivity contribution is -0.141. The van der Waals surface area contributed by atoms with Crippen LogP contribution in [-0.4, -0.2) is 26.1 Å². The van der Waals surface area contributed by atoms with Gasteiger partial charge in [0.2, 0.25) is 0 Å². The van der Waals surface area contributed by atoms with Gasteiger partial charge >= 0.3 is 6.18 Å². The number of carbonyl (C=O) groups is 1. The fourth-order valence-corrected chi connectivity index (χ4v) is 3.16. The van der Waals surface area contributed by atoms with Gasteiger partial charge in [-0.1, -0.05) is 11.6 Å². The van der Waals surface area contributed by atoms with Crippen LogP contribution in [0.5, 0.6) is 0 Å². The first-order valence-corrected chi connectivity index (χ1v) is 8.36. The number of ketones is 1. The third-order valence-electron chi connectivity index (χ3n) is 4.31. The number of benzene rings is 1. The number of nitrogens with zero attached hydrogens (tertiary/aromatic N) is 3. The molecular formula is C18H15ClF3N3O2. The number of hydrogen-bond donors (Lipinski definition) is 0. The molecule has 0 N–H and O–H groups in total. The molecule has 2 aromatic heterocycles. The summed E-state index contributed by atoms with van der Waals surface area (Å²) < 4.78 is 40.3. The van der Waals surface area contributed by atoms with Crippen molar-refractivity contribution in [2.24, 2.45) is 0 Å². The van der Waals surface area contributed by atoms with Gasteiger partial charge in [0.1, 0.15) is 6.54 Å². The first-order valence-electron chi connectivity index (χ1n) is 7.98. The molecule has 3 aromatic rings. The van der Waals surface area contributed by atoms with Crippen LogP contribution in [0.4, 0.5) is 13.2 Å². The number of Topliss-reactive ketones (excluding diaryl/α,β-unsaturated/α-hetero) is 1. The Kier molecular flexibility index (Phi) is 4.86. The molecule has 0 aliphatic heterocycles. The molecule has 27 heavy (non-hydrogen) atoms. The van der Waals surface area contributed by atoms with Gasteiger partial charge in [-0.3, -0.25) is 14.2 Å². The van der Waals surface area contributed by atoms with Crippen molar-refractivity contribution in [2.45, 2.75) is 33.1 Å². The van der Waals surface area contributed by atoms with Crippen molar-refractivity contribution in [3.05, 3.63) is 62.9 Å². The van der Waals surface area contributed by atoms with Crippen LogP contribution in [0.3, 0.4) is 0 Å². The van der Waals surface area contributed by atoms with E-state index >= 15 is 0 Å². The largest absolute Gasteiger partial charge is 0.406 e. The van der Waals surface area contributed by atoms with Gasteiger partial charge in [0.05, 0.1) is 23.8 Å². The Morgan fingerprint density at radius 2 is 1.93 bits per heavy atom. The van der Waals surface area contributed by atoms with Gasteiger partial charge in [-0.15, -0.1) is 0 Å². The number of hydrogen-bond acceptors (Lipinski definition) is 3. The number of rotatable bonds is 4.